The van der Waals surface area contributed by atoms with Gasteiger partial charge in [-0.25, -0.2) is 4.79 Å². The average Bonchev–Trinajstić information content (AvgIpc) is 2.96. The second-order valence-corrected chi connectivity index (χ2v) is 6.96. The van der Waals surface area contributed by atoms with Gasteiger partial charge in [-0.2, -0.15) is 0 Å². The number of aliphatic hydroxyl groups excluding tert-OH is 1. The summed E-state index contributed by atoms with van der Waals surface area (Å²) in [6, 6.07) is 1.02. The predicted molar refractivity (Wildman–Crippen MR) is 78.7 cm³/mol. The predicted octanol–water partition coefficient (Wildman–Crippen LogP) is 1.68. The molecular weight excluding hydrogens is 290 g/mol. The first-order valence-corrected chi connectivity index (χ1v) is 8.21. The van der Waals surface area contributed by atoms with Crippen LogP contribution in [-0.4, -0.2) is 45.7 Å². The third-order valence-electron chi connectivity index (χ3n) is 4.28. The van der Waals surface area contributed by atoms with E-state index in [2.05, 4.69) is 0 Å². The molecule has 5 nitrogen and oxygen atoms in total. The van der Waals surface area contributed by atoms with Crippen LogP contribution in [0.2, 0.25) is 0 Å². The quantitative estimate of drug-likeness (QED) is 0.815. The fourth-order valence-corrected chi connectivity index (χ4v) is 4.40. The van der Waals surface area contributed by atoms with Gasteiger partial charge in [-0.15, -0.1) is 11.3 Å². The van der Waals surface area contributed by atoms with Gasteiger partial charge < -0.3 is 15.1 Å². The normalized spacial score (nSPS) is 25.5. The van der Waals surface area contributed by atoms with Crippen LogP contribution in [0.15, 0.2) is 6.07 Å². The van der Waals surface area contributed by atoms with Crippen molar-refractivity contribution in [2.75, 3.05) is 6.54 Å². The average molecular weight is 309 g/mol. The number of aryl methyl sites for hydroxylation is 2. The Morgan fingerprint density at radius 2 is 2.00 bits per heavy atom. The van der Waals surface area contributed by atoms with Crippen LogP contribution in [0.5, 0.6) is 0 Å². The van der Waals surface area contributed by atoms with Crippen LogP contribution in [0.1, 0.15) is 45.8 Å². The molecule has 21 heavy (non-hydrogen) atoms. The summed E-state index contributed by atoms with van der Waals surface area (Å²) in [4.78, 5) is 27.0. The Balaban J connectivity index is 1.83. The maximum absolute atomic E-state index is 12.6. The number of hydrogen-bond acceptors (Lipinski definition) is 4. The van der Waals surface area contributed by atoms with Crippen molar-refractivity contribution in [3.8, 4) is 0 Å². The number of carbonyl (C=O) groups is 2. The van der Waals surface area contributed by atoms with Crippen LogP contribution in [0, 0.1) is 0 Å². The Hall–Kier alpha value is -1.40. The highest BCUT2D eigenvalue weighted by atomic mass is 32.1. The van der Waals surface area contributed by atoms with E-state index in [4.69, 9.17) is 0 Å². The maximum atomic E-state index is 12.6. The maximum Gasteiger partial charge on any atom is 0.326 e. The fourth-order valence-electron chi connectivity index (χ4n) is 3.19. The SMILES string of the molecule is O=C(O)[C@@H]1CC(O)CN1C(=O)c1cc2c(s1)CCCCC2. The number of aliphatic carboxylic acids is 1. The molecule has 1 unspecified atom stereocenters. The lowest BCUT2D eigenvalue weighted by atomic mass is 10.1. The van der Waals surface area contributed by atoms with E-state index in [0.29, 0.717) is 4.88 Å². The summed E-state index contributed by atoms with van der Waals surface area (Å²) in [6.07, 6.45) is 4.92. The van der Waals surface area contributed by atoms with Gasteiger partial charge in [0.15, 0.2) is 0 Å². The number of likely N-dealkylation sites (tertiary alicyclic amines) is 1. The molecule has 1 aliphatic heterocycles. The van der Waals surface area contributed by atoms with E-state index in [-0.39, 0.29) is 18.9 Å². The lowest BCUT2D eigenvalue weighted by Gasteiger charge is -2.20. The standard InChI is InChI=1S/C15H19NO4S/c17-10-7-11(15(19)20)16(8-10)14(18)13-6-9-4-2-1-3-5-12(9)21-13/h6,10-11,17H,1-5,7-8H2,(H,19,20)/t10?,11-/m0/s1. The zero-order valence-electron chi connectivity index (χ0n) is 11.7. The number of carboxylic acids is 1. The summed E-state index contributed by atoms with van der Waals surface area (Å²) in [5, 5.41) is 18.9. The Kier molecular flexibility index (Phi) is 3.99. The Labute approximate surface area is 127 Å². The van der Waals surface area contributed by atoms with Gasteiger partial charge >= 0.3 is 5.97 Å². The summed E-state index contributed by atoms with van der Waals surface area (Å²) in [6.45, 7) is 0.109. The molecule has 1 aromatic heterocycles. The molecule has 1 fully saturated rings. The monoisotopic (exact) mass is 309 g/mol. The third kappa shape index (κ3) is 2.82. The number of fused-ring (bicyclic) bond motifs is 1. The molecule has 1 saturated heterocycles. The lowest BCUT2D eigenvalue weighted by Crippen LogP contribution is -2.40. The number of nitrogens with zero attached hydrogens (tertiary/aromatic N) is 1. The molecule has 2 aliphatic rings. The number of thiophene rings is 1. The Morgan fingerprint density at radius 3 is 2.76 bits per heavy atom. The van der Waals surface area contributed by atoms with E-state index in [1.54, 1.807) is 0 Å². The van der Waals surface area contributed by atoms with Crippen molar-refractivity contribution in [3.63, 3.8) is 0 Å². The van der Waals surface area contributed by atoms with Crippen molar-refractivity contribution in [1.82, 2.24) is 4.90 Å². The highest BCUT2D eigenvalue weighted by Crippen LogP contribution is 2.31. The van der Waals surface area contributed by atoms with Gasteiger partial charge in [-0.05, 0) is 37.3 Å². The van der Waals surface area contributed by atoms with Crippen molar-refractivity contribution in [2.24, 2.45) is 0 Å². The highest BCUT2D eigenvalue weighted by Gasteiger charge is 2.39. The summed E-state index contributed by atoms with van der Waals surface area (Å²) in [5.41, 5.74) is 1.24. The lowest BCUT2D eigenvalue weighted by molar-refractivity contribution is -0.141. The van der Waals surface area contributed by atoms with Gasteiger partial charge in [-0.1, -0.05) is 6.42 Å². The van der Waals surface area contributed by atoms with Crippen LogP contribution in [0.4, 0.5) is 0 Å². The summed E-state index contributed by atoms with van der Waals surface area (Å²) in [7, 11) is 0. The molecule has 2 heterocycles. The van der Waals surface area contributed by atoms with Crippen molar-refractivity contribution in [1.29, 1.82) is 0 Å². The molecule has 1 amide bonds. The number of β-amino-alcohol motifs (C(OH)–C–C–N with tert-alkyl or cyclic N) is 1. The summed E-state index contributed by atoms with van der Waals surface area (Å²) < 4.78 is 0. The number of hydrogen-bond donors (Lipinski definition) is 2. The van der Waals surface area contributed by atoms with Crippen molar-refractivity contribution in [2.45, 2.75) is 50.7 Å². The minimum absolute atomic E-state index is 0.109. The summed E-state index contributed by atoms with van der Waals surface area (Å²) in [5.74, 6) is -1.30. The Morgan fingerprint density at radius 1 is 1.24 bits per heavy atom. The first kappa shape index (κ1) is 14.5. The molecule has 0 spiro atoms. The van der Waals surface area contributed by atoms with Gasteiger partial charge in [0, 0.05) is 17.8 Å². The van der Waals surface area contributed by atoms with E-state index in [1.165, 1.54) is 33.1 Å². The first-order chi connectivity index (χ1) is 10.1. The van der Waals surface area contributed by atoms with Crippen LogP contribution in [0.25, 0.3) is 0 Å². The minimum Gasteiger partial charge on any atom is -0.480 e. The zero-order chi connectivity index (χ0) is 15.0. The third-order valence-corrected chi connectivity index (χ3v) is 5.51. The van der Waals surface area contributed by atoms with Gasteiger partial charge in [-0.3, -0.25) is 4.79 Å². The molecular formula is C15H19NO4S. The Bertz CT molecular complexity index is 545. The minimum atomic E-state index is -1.04. The molecule has 3 rings (SSSR count). The summed E-state index contributed by atoms with van der Waals surface area (Å²) >= 11 is 1.49. The number of carboxylic acid groups (broad SMARTS) is 1. The molecule has 114 valence electrons. The van der Waals surface area contributed by atoms with E-state index < -0.39 is 18.1 Å². The molecule has 2 atom stereocenters. The van der Waals surface area contributed by atoms with Crippen LogP contribution < -0.4 is 0 Å². The van der Waals surface area contributed by atoms with E-state index >= 15 is 0 Å². The van der Waals surface area contributed by atoms with Crippen molar-refractivity contribution >= 4 is 23.2 Å². The molecule has 0 saturated carbocycles. The molecule has 1 aromatic rings. The number of aliphatic hydroxyl groups is 1. The van der Waals surface area contributed by atoms with Gasteiger partial charge in [0.2, 0.25) is 0 Å². The van der Waals surface area contributed by atoms with Gasteiger partial charge in [0.05, 0.1) is 11.0 Å². The van der Waals surface area contributed by atoms with Crippen LogP contribution in [0.3, 0.4) is 0 Å². The molecule has 0 radical (unpaired) electrons. The molecule has 0 bridgehead atoms. The van der Waals surface area contributed by atoms with Gasteiger partial charge in [0.1, 0.15) is 6.04 Å². The molecule has 0 aromatic carbocycles. The fraction of sp³-hybridized carbons (Fsp3) is 0.600. The number of rotatable bonds is 2. The number of carbonyl (C=O) groups excluding carboxylic acids is 1. The topological polar surface area (TPSA) is 77.8 Å². The number of amides is 1. The highest BCUT2D eigenvalue weighted by molar-refractivity contribution is 7.14. The first-order valence-electron chi connectivity index (χ1n) is 7.39. The van der Waals surface area contributed by atoms with Crippen LogP contribution in [-0.2, 0) is 17.6 Å². The second kappa shape index (κ2) is 5.77. The van der Waals surface area contributed by atoms with Gasteiger partial charge in [0.25, 0.3) is 5.91 Å². The largest absolute Gasteiger partial charge is 0.480 e. The molecule has 1 aliphatic carbocycles. The van der Waals surface area contributed by atoms with E-state index in [9.17, 15) is 19.8 Å². The van der Waals surface area contributed by atoms with E-state index in [0.717, 1.165) is 25.7 Å². The second-order valence-electron chi connectivity index (χ2n) is 5.82. The molecule has 6 heteroatoms. The zero-order valence-corrected chi connectivity index (χ0v) is 12.6. The van der Waals surface area contributed by atoms with Crippen molar-refractivity contribution < 1.29 is 19.8 Å². The molecule has 2 N–H and O–H groups in total. The van der Waals surface area contributed by atoms with Crippen LogP contribution >= 0.6 is 11.3 Å². The van der Waals surface area contributed by atoms with Crippen molar-refractivity contribution in [3.05, 3.63) is 21.4 Å². The smallest absolute Gasteiger partial charge is 0.326 e. The van der Waals surface area contributed by atoms with E-state index in [1.807, 2.05) is 6.07 Å².